The lowest BCUT2D eigenvalue weighted by Gasteiger charge is -2.25. The van der Waals surface area contributed by atoms with E-state index < -0.39 is 27.4 Å². The van der Waals surface area contributed by atoms with Gasteiger partial charge in [-0.15, -0.1) is 0 Å². The smallest absolute Gasteiger partial charge is 0.244 e. The van der Waals surface area contributed by atoms with Crippen molar-refractivity contribution >= 4 is 27.8 Å². The molecule has 0 aliphatic carbocycles. The summed E-state index contributed by atoms with van der Waals surface area (Å²) in [7, 11) is -3.85. The van der Waals surface area contributed by atoms with Crippen LogP contribution in [-0.4, -0.2) is 42.7 Å². The summed E-state index contributed by atoms with van der Waals surface area (Å²) in [6.07, 6.45) is 1.33. The van der Waals surface area contributed by atoms with Crippen LogP contribution < -0.4 is 0 Å². The molecule has 0 spiro atoms. The number of benzene rings is 2. The minimum Gasteiger partial charge on any atom is -0.457 e. The molecule has 7 nitrogen and oxygen atoms in total. The summed E-state index contributed by atoms with van der Waals surface area (Å²) < 4.78 is 36.5. The first kappa shape index (κ1) is 21.2. The van der Waals surface area contributed by atoms with E-state index in [4.69, 9.17) is 21.1 Å². The summed E-state index contributed by atoms with van der Waals surface area (Å²) in [5.41, 5.74) is 1.72. The van der Waals surface area contributed by atoms with Crippen molar-refractivity contribution in [3.05, 3.63) is 65.6 Å². The highest BCUT2D eigenvalue weighted by Crippen LogP contribution is 2.30. The van der Waals surface area contributed by atoms with Crippen LogP contribution in [0.1, 0.15) is 13.8 Å². The highest BCUT2D eigenvalue weighted by Gasteiger charge is 2.37. The normalized spacial score (nSPS) is 16.3. The van der Waals surface area contributed by atoms with Gasteiger partial charge in [0.25, 0.3) is 0 Å². The van der Waals surface area contributed by atoms with E-state index in [2.05, 4.69) is 0 Å². The van der Waals surface area contributed by atoms with Crippen molar-refractivity contribution in [2.75, 3.05) is 5.75 Å². The molecule has 1 aliphatic rings. The molecule has 0 bridgehead atoms. The van der Waals surface area contributed by atoms with E-state index in [1.54, 1.807) is 38.1 Å². The number of rotatable bonds is 7. The van der Waals surface area contributed by atoms with Gasteiger partial charge in [-0.3, -0.25) is 10.0 Å². The van der Waals surface area contributed by atoms with Gasteiger partial charge in [0.1, 0.15) is 12.3 Å². The molecule has 0 fully saturated rings. The Morgan fingerprint density at radius 1 is 1.10 bits per heavy atom. The van der Waals surface area contributed by atoms with Crippen LogP contribution in [0.15, 0.2) is 65.4 Å². The molecule has 1 heterocycles. The SMILES string of the molecule is CC1(C)OC=C([C@@H](CS(=O)(=O)c2ccc(-c3ccc(Cl)cc3)cc2)N(O)C=O)O1. The van der Waals surface area contributed by atoms with Gasteiger partial charge >= 0.3 is 0 Å². The average Bonchev–Trinajstić information content (AvgIpc) is 3.06. The number of carbonyl (C=O) groups excluding carboxylic acids is 1. The van der Waals surface area contributed by atoms with Crippen LogP contribution in [0.3, 0.4) is 0 Å². The Hall–Kier alpha value is -2.55. The van der Waals surface area contributed by atoms with Gasteiger partial charge in [0, 0.05) is 18.9 Å². The number of hydrogen-bond acceptors (Lipinski definition) is 6. The van der Waals surface area contributed by atoms with Crippen LogP contribution in [0.5, 0.6) is 0 Å². The number of carbonyl (C=O) groups is 1. The van der Waals surface area contributed by atoms with E-state index in [0.29, 0.717) is 5.02 Å². The molecule has 0 aromatic heterocycles. The molecule has 0 saturated carbocycles. The van der Waals surface area contributed by atoms with Crippen molar-refractivity contribution in [1.82, 2.24) is 5.06 Å². The van der Waals surface area contributed by atoms with Gasteiger partial charge in [-0.25, -0.2) is 13.5 Å². The van der Waals surface area contributed by atoms with Crippen molar-refractivity contribution in [2.24, 2.45) is 0 Å². The molecule has 2 aromatic carbocycles. The van der Waals surface area contributed by atoms with E-state index in [-0.39, 0.29) is 22.1 Å². The molecule has 154 valence electrons. The monoisotopic (exact) mass is 437 g/mol. The Labute approximate surface area is 174 Å². The Kier molecular flexibility index (Phi) is 5.88. The van der Waals surface area contributed by atoms with Gasteiger partial charge in [-0.2, -0.15) is 0 Å². The second-order valence-corrected chi connectivity index (χ2v) is 9.42. The summed E-state index contributed by atoms with van der Waals surface area (Å²) >= 11 is 5.89. The zero-order valence-corrected chi connectivity index (χ0v) is 17.4. The molecule has 3 rings (SSSR count). The molecule has 1 N–H and O–H groups in total. The largest absolute Gasteiger partial charge is 0.457 e. The first-order chi connectivity index (χ1) is 13.6. The van der Waals surface area contributed by atoms with Gasteiger partial charge in [0.15, 0.2) is 15.6 Å². The van der Waals surface area contributed by atoms with E-state index in [0.717, 1.165) is 11.1 Å². The van der Waals surface area contributed by atoms with Gasteiger partial charge in [0.2, 0.25) is 12.2 Å². The summed E-state index contributed by atoms with van der Waals surface area (Å²) in [5.74, 6) is -1.54. The van der Waals surface area contributed by atoms with Crippen molar-refractivity contribution in [1.29, 1.82) is 0 Å². The number of ether oxygens (including phenoxy) is 2. The fourth-order valence-corrected chi connectivity index (χ4v) is 4.44. The maximum Gasteiger partial charge on any atom is 0.244 e. The molecule has 0 saturated heterocycles. The van der Waals surface area contributed by atoms with Gasteiger partial charge in [-0.1, -0.05) is 35.9 Å². The molecular weight excluding hydrogens is 418 g/mol. The van der Waals surface area contributed by atoms with Gasteiger partial charge < -0.3 is 9.47 Å². The van der Waals surface area contributed by atoms with Crippen LogP contribution in [0.2, 0.25) is 5.02 Å². The molecule has 1 aliphatic heterocycles. The minimum atomic E-state index is -3.85. The number of halogens is 1. The lowest BCUT2D eigenvalue weighted by Crippen LogP contribution is -2.39. The van der Waals surface area contributed by atoms with Crippen LogP contribution in [0.25, 0.3) is 11.1 Å². The standard InChI is InChI=1S/C20H20ClNO6S/c1-20(2)27-11-19(28-20)18(22(24)13-23)12-29(25,26)17-9-5-15(6-10-17)14-3-7-16(21)8-4-14/h3-11,13,18,24H,12H2,1-2H3/t18-/m1/s1. The third-order valence-electron chi connectivity index (χ3n) is 4.35. The van der Waals surface area contributed by atoms with E-state index >= 15 is 0 Å². The Morgan fingerprint density at radius 2 is 1.66 bits per heavy atom. The molecule has 1 atom stereocenters. The van der Waals surface area contributed by atoms with Gasteiger partial charge in [-0.05, 0) is 35.4 Å². The Balaban J connectivity index is 1.83. The molecule has 9 heteroatoms. The van der Waals surface area contributed by atoms with Crippen LogP contribution in [0, 0.1) is 0 Å². The Morgan fingerprint density at radius 3 is 2.14 bits per heavy atom. The van der Waals surface area contributed by atoms with Crippen molar-refractivity contribution < 1.29 is 27.9 Å². The minimum absolute atomic E-state index is 0.0472. The number of hydrogen-bond donors (Lipinski definition) is 1. The molecule has 2 aromatic rings. The number of hydroxylamine groups is 2. The summed E-state index contributed by atoms with van der Waals surface area (Å²) in [5, 5.41) is 10.8. The molecule has 0 radical (unpaired) electrons. The van der Waals surface area contributed by atoms with Gasteiger partial charge in [0.05, 0.1) is 10.6 Å². The van der Waals surface area contributed by atoms with Crippen molar-refractivity contribution in [3.8, 4) is 11.1 Å². The lowest BCUT2D eigenvalue weighted by molar-refractivity contribution is -0.165. The van der Waals surface area contributed by atoms with E-state index in [9.17, 15) is 18.4 Å². The first-order valence-corrected chi connectivity index (χ1v) is 10.7. The van der Waals surface area contributed by atoms with Crippen LogP contribution >= 0.6 is 11.6 Å². The molecule has 1 amide bonds. The number of amides is 1. The maximum absolute atomic E-state index is 12.9. The first-order valence-electron chi connectivity index (χ1n) is 8.69. The summed E-state index contributed by atoms with van der Waals surface area (Å²) in [4.78, 5) is 11.1. The molecule has 29 heavy (non-hydrogen) atoms. The third-order valence-corrected chi connectivity index (χ3v) is 6.34. The molecule has 0 unspecified atom stereocenters. The van der Waals surface area contributed by atoms with Crippen molar-refractivity contribution in [3.63, 3.8) is 0 Å². The average molecular weight is 438 g/mol. The van der Waals surface area contributed by atoms with E-state index in [1.807, 2.05) is 12.1 Å². The third kappa shape index (κ3) is 4.90. The zero-order valence-electron chi connectivity index (χ0n) is 15.8. The van der Waals surface area contributed by atoms with E-state index in [1.165, 1.54) is 18.4 Å². The molecular formula is C20H20ClNO6S. The summed E-state index contributed by atoms with van der Waals surface area (Å²) in [6, 6.07) is 12.2. The van der Waals surface area contributed by atoms with Crippen molar-refractivity contribution in [2.45, 2.75) is 30.6 Å². The summed E-state index contributed by atoms with van der Waals surface area (Å²) in [6.45, 7) is 3.25. The number of nitrogens with zero attached hydrogens (tertiary/aromatic N) is 1. The fraction of sp³-hybridized carbons (Fsp3) is 0.250. The highest BCUT2D eigenvalue weighted by molar-refractivity contribution is 7.91. The Bertz CT molecular complexity index is 1020. The second-order valence-electron chi connectivity index (χ2n) is 6.95. The topological polar surface area (TPSA) is 93.1 Å². The predicted molar refractivity (Wildman–Crippen MR) is 107 cm³/mol. The maximum atomic E-state index is 12.9. The zero-order chi connectivity index (χ0) is 21.2. The van der Waals surface area contributed by atoms with Crippen LogP contribution in [-0.2, 0) is 24.1 Å². The predicted octanol–water partition coefficient (Wildman–Crippen LogP) is 3.62. The second kappa shape index (κ2) is 8.06. The fourth-order valence-electron chi connectivity index (χ4n) is 2.84. The highest BCUT2D eigenvalue weighted by atomic mass is 35.5. The van der Waals surface area contributed by atoms with Crippen LogP contribution in [0.4, 0.5) is 0 Å². The number of sulfone groups is 1. The quantitative estimate of drug-likeness (QED) is 0.404. The lowest BCUT2D eigenvalue weighted by atomic mass is 10.1.